The van der Waals surface area contributed by atoms with Gasteiger partial charge in [-0.05, 0) is 55.4 Å². The Balaban J connectivity index is 1.16. The van der Waals surface area contributed by atoms with Crippen LogP contribution in [0.5, 0.6) is 5.75 Å². The number of nitrogens with zero attached hydrogens (tertiary/aromatic N) is 5. The number of anilines is 1. The molecular formula is C32H35N5O3S. The zero-order chi connectivity index (χ0) is 28.5. The van der Waals surface area contributed by atoms with Crippen LogP contribution < -0.4 is 9.64 Å². The minimum atomic E-state index is 0.123. The number of ether oxygens (including phenoxy) is 1. The molecule has 1 aromatic heterocycles. The molecule has 41 heavy (non-hydrogen) atoms. The molecule has 2 atom stereocenters. The Bertz CT molecular complexity index is 1480. The molecular weight excluding hydrogens is 534 g/mol. The van der Waals surface area contributed by atoms with Crippen LogP contribution in [0, 0.1) is 36.0 Å². The third-order valence-electron chi connectivity index (χ3n) is 8.86. The summed E-state index contributed by atoms with van der Waals surface area (Å²) in [6.07, 6.45) is 3.42. The Kier molecular flexibility index (Phi) is 7.78. The normalized spacial score (nSPS) is 22.6. The lowest BCUT2D eigenvalue weighted by Gasteiger charge is -2.35. The zero-order valence-electron chi connectivity index (χ0n) is 23.6. The lowest BCUT2D eigenvalue weighted by atomic mass is 9.87. The van der Waals surface area contributed by atoms with E-state index < -0.39 is 0 Å². The topological polar surface area (TPSA) is 89.8 Å². The molecule has 0 N–H and O–H groups in total. The predicted molar refractivity (Wildman–Crippen MR) is 159 cm³/mol. The van der Waals surface area contributed by atoms with Crippen LogP contribution in [-0.2, 0) is 22.7 Å². The number of hydrogen-bond donors (Lipinski definition) is 0. The van der Waals surface area contributed by atoms with Gasteiger partial charge in [0.1, 0.15) is 18.6 Å². The number of fused-ring (bicyclic) bond motifs is 2. The third kappa shape index (κ3) is 5.72. The number of aldehydes is 1. The number of nitriles is 1. The molecule has 9 heteroatoms. The van der Waals surface area contributed by atoms with Gasteiger partial charge in [-0.25, -0.2) is 4.98 Å². The summed E-state index contributed by atoms with van der Waals surface area (Å²) in [5, 5.41) is 13.0. The molecule has 0 radical (unpaired) electrons. The monoisotopic (exact) mass is 569 g/mol. The SMILES string of the molecule is Cc1ccc(OCc2ccc(CN3CCN(C)C(=O)C3)cc2C#N)c(-c2csc(N3CC4CCC(C3)C4C=O)n2)c1. The summed E-state index contributed by atoms with van der Waals surface area (Å²) >= 11 is 1.64. The van der Waals surface area contributed by atoms with E-state index in [0.29, 0.717) is 30.5 Å². The van der Waals surface area contributed by atoms with Gasteiger partial charge in [0.05, 0.1) is 23.9 Å². The van der Waals surface area contributed by atoms with Gasteiger partial charge < -0.3 is 19.3 Å². The molecule has 3 aromatic rings. The van der Waals surface area contributed by atoms with Crippen LogP contribution in [0.15, 0.2) is 41.8 Å². The molecule has 3 aliphatic rings. The van der Waals surface area contributed by atoms with Crippen LogP contribution in [-0.4, -0.2) is 66.7 Å². The highest BCUT2D eigenvalue weighted by atomic mass is 32.1. The van der Waals surface area contributed by atoms with Crippen molar-refractivity contribution in [3.05, 3.63) is 64.0 Å². The van der Waals surface area contributed by atoms with Crippen molar-refractivity contribution in [2.24, 2.45) is 17.8 Å². The van der Waals surface area contributed by atoms with Crippen molar-refractivity contribution >= 4 is 28.7 Å². The minimum absolute atomic E-state index is 0.123. The van der Waals surface area contributed by atoms with Gasteiger partial charge in [-0.2, -0.15) is 5.26 Å². The Morgan fingerprint density at radius 3 is 2.68 bits per heavy atom. The first-order valence-electron chi connectivity index (χ1n) is 14.3. The molecule has 2 aromatic carbocycles. The highest BCUT2D eigenvalue weighted by Crippen LogP contribution is 2.43. The predicted octanol–water partition coefficient (Wildman–Crippen LogP) is 4.50. The number of piperazine rings is 1. The number of rotatable bonds is 8. The maximum atomic E-state index is 12.1. The van der Waals surface area contributed by atoms with Gasteiger partial charge in [0.25, 0.3) is 0 Å². The van der Waals surface area contributed by atoms with Crippen molar-refractivity contribution in [2.45, 2.75) is 32.9 Å². The van der Waals surface area contributed by atoms with Crippen molar-refractivity contribution in [3.63, 3.8) is 0 Å². The van der Waals surface area contributed by atoms with E-state index in [4.69, 9.17) is 9.72 Å². The molecule has 0 spiro atoms. The minimum Gasteiger partial charge on any atom is -0.488 e. The van der Waals surface area contributed by atoms with Gasteiger partial charge in [0.15, 0.2) is 5.13 Å². The van der Waals surface area contributed by atoms with E-state index >= 15 is 0 Å². The molecule has 2 aliphatic heterocycles. The Morgan fingerprint density at radius 2 is 1.95 bits per heavy atom. The van der Waals surface area contributed by atoms with E-state index in [1.54, 1.807) is 16.2 Å². The van der Waals surface area contributed by atoms with Crippen LogP contribution >= 0.6 is 11.3 Å². The molecule has 2 saturated heterocycles. The largest absolute Gasteiger partial charge is 0.488 e. The number of benzene rings is 2. The highest BCUT2D eigenvalue weighted by Gasteiger charge is 2.42. The van der Waals surface area contributed by atoms with Crippen molar-refractivity contribution in [1.82, 2.24) is 14.8 Å². The molecule has 3 fully saturated rings. The molecule has 6 rings (SSSR count). The van der Waals surface area contributed by atoms with E-state index in [1.807, 2.05) is 37.4 Å². The Morgan fingerprint density at radius 1 is 1.15 bits per heavy atom. The number of piperidine rings is 1. The molecule has 1 saturated carbocycles. The van der Waals surface area contributed by atoms with Gasteiger partial charge in [-0.3, -0.25) is 9.69 Å². The number of hydrogen-bond acceptors (Lipinski definition) is 8. The lowest BCUT2D eigenvalue weighted by Crippen LogP contribution is -2.47. The van der Waals surface area contributed by atoms with Gasteiger partial charge in [-0.15, -0.1) is 11.3 Å². The van der Waals surface area contributed by atoms with Crippen LogP contribution in [0.1, 0.15) is 35.1 Å². The molecule has 2 unspecified atom stereocenters. The van der Waals surface area contributed by atoms with E-state index in [-0.39, 0.29) is 18.4 Å². The summed E-state index contributed by atoms with van der Waals surface area (Å²) in [7, 11) is 1.83. The summed E-state index contributed by atoms with van der Waals surface area (Å²) in [6.45, 7) is 6.68. The van der Waals surface area contributed by atoms with Gasteiger partial charge in [0, 0.05) is 62.2 Å². The first-order valence-corrected chi connectivity index (χ1v) is 15.2. The molecule has 3 heterocycles. The number of amides is 1. The quantitative estimate of drug-likeness (QED) is 0.369. The fourth-order valence-electron chi connectivity index (χ4n) is 6.45. The standard InChI is InChI=1S/C32H35N5O3S/c1-21-3-8-30(27(11-21)29-20-41-32(34-29)37-15-23-6-7-24(16-37)28(23)18-38)40-19-25-5-4-22(12-26(25)13-33)14-36-10-9-35(2)31(39)17-36/h3-5,8,11-12,18,20,23-24,28H,6-7,9-10,14-17,19H2,1-2H3. The molecule has 8 nitrogen and oxygen atoms in total. The number of carbonyl (C=O) groups is 2. The van der Waals surface area contributed by atoms with Gasteiger partial charge in [0.2, 0.25) is 5.91 Å². The Hall–Kier alpha value is -3.74. The van der Waals surface area contributed by atoms with E-state index in [9.17, 15) is 14.9 Å². The summed E-state index contributed by atoms with van der Waals surface area (Å²) < 4.78 is 6.32. The third-order valence-corrected chi connectivity index (χ3v) is 9.76. The smallest absolute Gasteiger partial charge is 0.236 e. The second-order valence-electron chi connectivity index (χ2n) is 11.6. The fraction of sp³-hybridized carbons (Fsp3) is 0.438. The molecule has 1 amide bonds. The number of aromatic nitrogens is 1. The van der Waals surface area contributed by atoms with Gasteiger partial charge in [-0.1, -0.05) is 23.8 Å². The maximum Gasteiger partial charge on any atom is 0.236 e. The van der Waals surface area contributed by atoms with Crippen molar-refractivity contribution in [2.75, 3.05) is 44.7 Å². The molecule has 212 valence electrons. The van der Waals surface area contributed by atoms with E-state index in [0.717, 1.165) is 77.8 Å². The Labute approximate surface area is 245 Å². The number of aryl methyl sites for hydroxylation is 1. The van der Waals surface area contributed by atoms with Crippen molar-refractivity contribution in [1.29, 1.82) is 5.26 Å². The average molecular weight is 570 g/mol. The molecule has 2 bridgehead atoms. The summed E-state index contributed by atoms with van der Waals surface area (Å²) in [4.78, 5) is 34.9. The zero-order valence-corrected chi connectivity index (χ0v) is 24.4. The van der Waals surface area contributed by atoms with Crippen LogP contribution in [0.4, 0.5) is 5.13 Å². The second-order valence-corrected chi connectivity index (χ2v) is 12.5. The summed E-state index contributed by atoms with van der Waals surface area (Å²) in [5.41, 5.74) is 5.36. The first-order chi connectivity index (χ1) is 19.9. The lowest BCUT2D eigenvalue weighted by molar-refractivity contribution is -0.134. The summed E-state index contributed by atoms with van der Waals surface area (Å²) in [6, 6.07) is 14.3. The second kappa shape index (κ2) is 11.6. The number of carbonyl (C=O) groups excluding carboxylic acids is 2. The van der Waals surface area contributed by atoms with Gasteiger partial charge >= 0.3 is 0 Å². The van der Waals surface area contributed by atoms with Crippen LogP contribution in [0.25, 0.3) is 11.3 Å². The maximum absolute atomic E-state index is 12.1. The van der Waals surface area contributed by atoms with E-state index in [1.165, 1.54) is 6.29 Å². The summed E-state index contributed by atoms with van der Waals surface area (Å²) in [5.74, 6) is 1.92. The average Bonchev–Trinajstić information content (AvgIpc) is 3.56. The fourth-order valence-corrected chi connectivity index (χ4v) is 7.30. The van der Waals surface area contributed by atoms with Crippen molar-refractivity contribution in [3.8, 4) is 23.1 Å². The number of likely N-dealkylation sites (N-methyl/N-ethyl adjacent to an activating group) is 1. The van der Waals surface area contributed by atoms with E-state index in [2.05, 4.69) is 34.2 Å². The highest BCUT2D eigenvalue weighted by molar-refractivity contribution is 7.14. The number of thiazole rings is 1. The van der Waals surface area contributed by atoms with Crippen LogP contribution in [0.3, 0.4) is 0 Å². The van der Waals surface area contributed by atoms with Crippen LogP contribution in [0.2, 0.25) is 0 Å². The first kappa shape index (κ1) is 27.4. The molecule has 1 aliphatic carbocycles. The van der Waals surface area contributed by atoms with Crippen molar-refractivity contribution < 1.29 is 14.3 Å².